The Kier molecular flexibility index (Phi) is 5.09. The molecule has 1 aromatic carbocycles. The molecule has 2 aromatic heterocycles. The lowest BCUT2D eigenvalue weighted by atomic mass is 10.1. The predicted octanol–water partition coefficient (Wildman–Crippen LogP) is 3.15. The first-order valence-corrected chi connectivity index (χ1v) is 9.44. The number of likely N-dealkylation sites (tertiary alicyclic amines) is 1. The summed E-state index contributed by atoms with van der Waals surface area (Å²) in [6.07, 6.45) is 2.57. The lowest BCUT2D eigenvalue weighted by Crippen LogP contribution is -2.29. The number of hydrogen-bond acceptors (Lipinski definition) is 4. The van der Waals surface area contributed by atoms with Gasteiger partial charge in [0, 0.05) is 44.4 Å². The number of aryl methyl sites for hydroxylation is 1. The van der Waals surface area contributed by atoms with E-state index in [0.29, 0.717) is 37.4 Å². The van der Waals surface area contributed by atoms with E-state index in [0.717, 1.165) is 23.4 Å². The molecule has 6 nitrogen and oxygen atoms in total. The number of amides is 1. The molecule has 28 heavy (non-hydrogen) atoms. The van der Waals surface area contributed by atoms with Crippen LogP contribution in [-0.2, 0) is 11.3 Å². The monoisotopic (exact) mass is 382 g/mol. The molecule has 3 aromatic rings. The van der Waals surface area contributed by atoms with Crippen molar-refractivity contribution in [2.75, 3.05) is 26.8 Å². The third-order valence-corrected chi connectivity index (χ3v) is 5.31. The van der Waals surface area contributed by atoms with Crippen LogP contribution in [0.4, 0.5) is 4.39 Å². The summed E-state index contributed by atoms with van der Waals surface area (Å²) in [6, 6.07) is 8.47. The normalized spacial score (nSPS) is 16.8. The van der Waals surface area contributed by atoms with Crippen molar-refractivity contribution in [2.45, 2.75) is 25.8 Å². The Balaban J connectivity index is 1.58. The zero-order valence-electron chi connectivity index (χ0n) is 16.1. The fraction of sp³-hybridized carbons (Fsp3) is 0.381. The first-order chi connectivity index (χ1) is 13.6. The third kappa shape index (κ3) is 3.38. The molecular weight excluding hydrogens is 359 g/mol. The predicted molar refractivity (Wildman–Crippen MR) is 104 cm³/mol. The molecule has 0 aliphatic carbocycles. The van der Waals surface area contributed by atoms with Crippen molar-refractivity contribution in [3.63, 3.8) is 0 Å². The van der Waals surface area contributed by atoms with Gasteiger partial charge in [-0.3, -0.25) is 4.79 Å². The number of ether oxygens (including phenoxy) is 1. The van der Waals surface area contributed by atoms with Gasteiger partial charge in [0.2, 0.25) is 0 Å². The van der Waals surface area contributed by atoms with Crippen LogP contribution in [0.5, 0.6) is 0 Å². The van der Waals surface area contributed by atoms with Crippen molar-refractivity contribution in [1.29, 1.82) is 0 Å². The highest BCUT2D eigenvalue weighted by molar-refractivity contribution is 5.94. The number of benzene rings is 1. The molecule has 1 saturated heterocycles. The molecule has 0 N–H and O–H groups in total. The number of halogens is 1. The van der Waals surface area contributed by atoms with Gasteiger partial charge in [0.05, 0.1) is 6.61 Å². The van der Waals surface area contributed by atoms with Gasteiger partial charge in [0.1, 0.15) is 17.2 Å². The van der Waals surface area contributed by atoms with Crippen LogP contribution >= 0.6 is 0 Å². The molecule has 0 radical (unpaired) electrons. The van der Waals surface area contributed by atoms with Crippen molar-refractivity contribution in [2.24, 2.45) is 0 Å². The lowest BCUT2D eigenvalue weighted by Gasteiger charge is -2.17. The van der Waals surface area contributed by atoms with E-state index in [2.05, 4.69) is 9.55 Å². The van der Waals surface area contributed by atoms with Crippen LogP contribution in [0.2, 0.25) is 0 Å². The molecule has 1 atom stereocenters. The maximum atomic E-state index is 13.9. The average molecular weight is 382 g/mol. The van der Waals surface area contributed by atoms with Crippen LogP contribution in [0.15, 0.2) is 36.5 Å². The second-order valence-electron chi connectivity index (χ2n) is 7.16. The Labute approximate surface area is 163 Å². The van der Waals surface area contributed by atoms with Crippen molar-refractivity contribution in [3.05, 3.63) is 59.3 Å². The summed E-state index contributed by atoms with van der Waals surface area (Å²) in [4.78, 5) is 23.9. The largest absolute Gasteiger partial charge is 0.383 e. The summed E-state index contributed by atoms with van der Waals surface area (Å²) in [7, 11) is 1.67. The highest BCUT2D eigenvalue weighted by atomic mass is 19.1. The number of carbonyl (C=O) groups is 1. The number of fused-ring (bicyclic) bond motifs is 1. The molecule has 7 heteroatoms. The quantitative estimate of drug-likeness (QED) is 0.680. The molecule has 0 spiro atoms. The van der Waals surface area contributed by atoms with E-state index in [1.807, 2.05) is 12.1 Å². The second kappa shape index (κ2) is 7.67. The van der Waals surface area contributed by atoms with E-state index in [-0.39, 0.29) is 17.6 Å². The summed E-state index contributed by atoms with van der Waals surface area (Å²) >= 11 is 0. The number of methoxy groups -OCH3 is 1. The fourth-order valence-corrected chi connectivity index (χ4v) is 3.75. The van der Waals surface area contributed by atoms with Gasteiger partial charge in [-0.15, -0.1) is 0 Å². The Hall–Kier alpha value is -2.80. The van der Waals surface area contributed by atoms with Crippen LogP contribution in [0, 0.1) is 12.7 Å². The highest BCUT2D eigenvalue weighted by Crippen LogP contribution is 2.30. The molecule has 0 saturated carbocycles. The van der Waals surface area contributed by atoms with Crippen molar-refractivity contribution in [1.82, 2.24) is 19.4 Å². The number of hydrogen-bond donors (Lipinski definition) is 0. The van der Waals surface area contributed by atoms with Gasteiger partial charge < -0.3 is 14.2 Å². The molecule has 4 rings (SSSR count). The first-order valence-electron chi connectivity index (χ1n) is 9.44. The smallest absolute Gasteiger partial charge is 0.253 e. The molecule has 3 heterocycles. The SMILES string of the molecule is COCCn1c(C2CCN(C(=O)c3ccc(C)c(F)c3)C2)nc2cccnc21. The van der Waals surface area contributed by atoms with Crippen LogP contribution in [0.3, 0.4) is 0 Å². The van der Waals surface area contributed by atoms with Crippen LogP contribution < -0.4 is 0 Å². The summed E-state index contributed by atoms with van der Waals surface area (Å²) in [5.74, 6) is 0.551. The Morgan fingerprint density at radius 3 is 3.00 bits per heavy atom. The Bertz CT molecular complexity index is 1020. The van der Waals surface area contributed by atoms with E-state index in [9.17, 15) is 9.18 Å². The minimum atomic E-state index is -0.353. The average Bonchev–Trinajstić information content (AvgIpc) is 3.32. The number of aromatic nitrogens is 3. The standard InChI is InChI=1S/C21H23FN4O2/c1-14-5-6-15(12-17(14)22)21(27)25-9-7-16(13-25)19-24-18-4-3-8-23-20(18)26(19)10-11-28-2/h3-6,8,12,16H,7,9-11,13H2,1-2H3. The first kappa shape index (κ1) is 18.6. The van der Waals surface area contributed by atoms with E-state index in [4.69, 9.17) is 9.72 Å². The van der Waals surface area contributed by atoms with Gasteiger partial charge in [0.15, 0.2) is 5.65 Å². The molecule has 1 aliphatic heterocycles. The van der Waals surface area contributed by atoms with Crippen LogP contribution in [0.1, 0.15) is 34.1 Å². The fourth-order valence-electron chi connectivity index (χ4n) is 3.75. The highest BCUT2D eigenvalue weighted by Gasteiger charge is 2.31. The van der Waals surface area contributed by atoms with Gasteiger partial charge in [-0.2, -0.15) is 0 Å². The maximum Gasteiger partial charge on any atom is 0.253 e. The summed E-state index contributed by atoms with van der Waals surface area (Å²) in [5.41, 5.74) is 2.60. The number of nitrogens with zero attached hydrogens (tertiary/aromatic N) is 4. The van der Waals surface area contributed by atoms with Crippen molar-refractivity contribution < 1.29 is 13.9 Å². The van der Waals surface area contributed by atoms with E-state index < -0.39 is 0 Å². The minimum absolute atomic E-state index is 0.116. The van der Waals surface area contributed by atoms with Gasteiger partial charge in [-0.05, 0) is 43.2 Å². The number of carbonyl (C=O) groups excluding carboxylic acids is 1. The van der Waals surface area contributed by atoms with Crippen molar-refractivity contribution in [3.8, 4) is 0 Å². The molecule has 1 amide bonds. The molecular formula is C21H23FN4O2. The third-order valence-electron chi connectivity index (χ3n) is 5.31. The van der Waals surface area contributed by atoms with E-state index >= 15 is 0 Å². The molecule has 0 bridgehead atoms. The van der Waals surface area contributed by atoms with Crippen LogP contribution in [-0.4, -0.2) is 52.1 Å². The summed E-state index contributed by atoms with van der Waals surface area (Å²) in [6.45, 7) is 4.10. The second-order valence-corrected chi connectivity index (χ2v) is 7.16. The zero-order chi connectivity index (χ0) is 19.7. The topological polar surface area (TPSA) is 60.2 Å². The minimum Gasteiger partial charge on any atom is -0.383 e. The zero-order valence-corrected chi connectivity index (χ0v) is 16.1. The Morgan fingerprint density at radius 2 is 2.21 bits per heavy atom. The van der Waals surface area contributed by atoms with Gasteiger partial charge in [-0.25, -0.2) is 14.4 Å². The van der Waals surface area contributed by atoms with Crippen molar-refractivity contribution >= 4 is 17.1 Å². The molecule has 1 fully saturated rings. The van der Waals surface area contributed by atoms with E-state index in [1.165, 1.54) is 6.07 Å². The summed E-state index contributed by atoms with van der Waals surface area (Å²) in [5, 5.41) is 0. The maximum absolute atomic E-state index is 13.9. The van der Waals surface area contributed by atoms with Gasteiger partial charge >= 0.3 is 0 Å². The molecule has 1 aliphatic rings. The summed E-state index contributed by atoms with van der Waals surface area (Å²) < 4.78 is 21.2. The van der Waals surface area contributed by atoms with E-state index in [1.54, 1.807) is 37.3 Å². The van der Waals surface area contributed by atoms with Gasteiger partial charge in [-0.1, -0.05) is 6.07 Å². The molecule has 146 valence electrons. The van der Waals surface area contributed by atoms with Gasteiger partial charge in [0.25, 0.3) is 5.91 Å². The lowest BCUT2D eigenvalue weighted by molar-refractivity contribution is 0.0790. The number of rotatable bonds is 5. The number of imidazole rings is 1. The van der Waals surface area contributed by atoms with Crippen LogP contribution in [0.25, 0.3) is 11.2 Å². The number of pyridine rings is 1. The Morgan fingerprint density at radius 1 is 1.36 bits per heavy atom. The molecule has 1 unspecified atom stereocenters.